The molecule has 2 heterocycles. The van der Waals surface area contributed by atoms with Crippen LogP contribution in [0.15, 0.2) is 82.6 Å². The number of carbonyl (C=O) groups is 1. The van der Waals surface area contributed by atoms with E-state index in [1.165, 1.54) is 9.08 Å². The molecule has 0 aliphatic rings. The molecule has 1 N–H and O–H groups in total. The van der Waals surface area contributed by atoms with Gasteiger partial charge in [0.1, 0.15) is 0 Å². The fourth-order valence-electron chi connectivity index (χ4n) is 3.20. The molecular weight excluding hydrogens is 396 g/mol. The van der Waals surface area contributed by atoms with Crippen molar-refractivity contribution in [1.29, 1.82) is 0 Å². The van der Waals surface area contributed by atoms with Crippen molar-refractivity contribution < 1.29 is 4.79 Å². The van der Waals surface area contributed by atoms with Crippen molar-refractivity contribution in [3.8, 4) is 0 Å². The van der Waals surface area contributed by atoms with Crippen LogP contribution in [0, 0.1) is 0 Å². The number of rotatable bonds is 6. The topological polar surface area (TPSA) is 68.4 Å². The molecule has 0 atom stereocenters. The molecule has 0 saturated heterocycles. The standard InChI is InChI=1S/C23H22N4O2S/c1-16(2)30-20-11-4-3-10-19(20)22(28)24-18-9-7-8-17(14-18)15-27-23(29)26-13-6-5-12-21(26)25-27/h3-14,16H,15H2,1-2H3,(H,24,28). The molecule has 0 radical (unpaired) electrons. The minimum atomic E-state index is -0.195. The number of nitrogens with one attached hydrogen (secondary N) is 1. The summed E-state index contributed by atoms with van der Waals surface area (Å²) < 4.78 is 2.93. The third-order valence-corrected chi connectivity index (χ3v) is 5.58. The second-order valence-corrected chi connectivity index (χ2v) is 8.80. The lowest BCUT2D eigenvalue weighted by molar-refractivity contribution is 0.102. The van der Waals surface area contributed by atoms with Crippen LogP contribution < -0.4 is 11.0 Å². The Labute approximate surface area is 178 Å². The highest BCUT2D eigenvalue weighted by Crippen LogP contribution is 2.27. The van der Waals surface area contributed by atoms with E-state index in [1.54, 1.807) is 30.1 Å². The molecule has 0 bridgehead atoms. The van der Waals surface area contributed by atoms with Gasteiger partial charge in [-0.1, -0.05) is 44.2 Å². The monoisotopic (exact) mass is 418 g/mol. The second kappa shape index (κ2) is 8.59. The Kier molecular flexibility index (Phi) is 5.72. The van der Waals surface area contributed by atoms with Crippen LogP contribution in [-0.2, 0) is 6.54 Å². The van der Waals surface area contributed by atoms with Crippen LogP contribution in [0.2, 0.25) is 0 Å². The largest absolute Gasteiger partial charge is 0.350 e. The van der Waals surface area contributed by atoms with E-state index in [2.05, 4.69) is 24.3 Å². The molecule has 0 spiro atoms. The summed E-state index contributed by atoms with van der Waals surface area (Å²) in [6.07, 6.45) is 1.70. The maximum Gasteiger partial charge on any atom is 0.350 e. The summed E-state index contributed by atoms with van der Waals surface area (Å²) in [5.74, 6) is -0.152. The number of benzene rings is 2. The van der Waals surface area contributed by atoms with Crippen LogP contribution in [0.1, 0.15) is 29.8 Å². The van der Waals surface area contributed by atoms with Crippen LogP contribution >= 0.6 is 11.8 Å². The van der Waals surface area contributed by atoms with Gasteiger partial charge in [-0.3, -0.25) is 9.20 Å². The summed E-state index contributed by atoms with van der Waals surface area (Å²) in [7, 11) is 0. The van der Waals surface area contributed by atoms with Gasteiger partial charge in [-0.05, 0) is 42.0 Å². The normalized spacial score (nSPS) is 11.2. The Morgan fingerprint density at radius 3 is 2.67 bits per heavy atom. The minimum absolute atomic E-state index is 0.152. The Morgan fingerprint density at radius 1 is 1.07 bits per heavy atom. The molecule has 0 fully saturated rings. The van der Waals surface area contributed by atoms with Crippen molar-refractivity contribution in [3.63, 3.8) is 0 Å². The maximum atomic E-state index is 12.9. The van der Waals surface area contributed by atoms with Gasteiger partial charge in [0.25, 0.3) is 5.91 Å². The summed E-state index contributed by atoms with van der Waals surface area (Å²) >= 11 is 1.66. The Morgan fingerprint density at radius 2 is 1.87 bits per heavy atom. The van der Waals surface area contributed by atoms with Gasteiger partial charge in [0.05, 0.1) is 12.1 Å². The van der Waals surface area contributed by atoms with E-state index in [0.717, 1.165) is 10.5 Å². The molecule has 7 heteroatoms. The summed E-state index contributed by atoms with van der Waals surface area (Å²) in [6, 6.07) is 20.5. The first-order chi connectivity index (χ1) is 14.5. The van der Waals surface area contributed by atoms with E-state index in [0.29, 0.717) is 28.7 Å². The second-order valence-electron chi connectivity index (χ2n) is 7.19. The molecule has 0 aliphatic carbocycles. The van der Waals surface area contributed by atoms with Gasteiger partial charge in [0, 0.05) is 22.0 Å². The molecule has 6 nitrogen and oxygen atoms in total. The molecule has 30 heavy (non-hydrogen) atoms. The van der Waals surface area contributed by atoms with Crippen molar-refractivity contribution in [2.45, 2.75) is 30.5 Å². The van der Waals surface area contributed by atoms with Gasteiger partial charge in [-0.15, -0.1) is 16.9 Å². The fourth-order valence-corrected chi connectivity index (χ4v) is 4.15. The number of nitrogens with zero attached hydrogens (tertiary/aromatic N) is 3. The van der Waals surface area contributed by atoms with Crippen molar-refractivity contribution in [1.82, 2.24) is 14.2 Å². The lowest BCUT2D eigenvalue weighted by Gasteiger charge is -2.12. The van der Waals surface area contributed by atoms with Crippen molar-refractivity contribution in [2.24, 2.45) is 0 Å². The average Bonchev–Trinajstić information content (AvgIpc) is 3.04. The zero-order chi connectivity index (χ0) is 21.1. The van der Waals surface area contributed by atoms with E-state index < -0.39 is 0 Å². The van der Waals surface area contributed by atoms with Crippen LogP contribution in [-0.4, -0.2) is 25.3 Å². The smallest absolute Gasteiger partial charge is 0.322 e. The molecule has 1 amide bonds. The molecule has 152 valence electrons. The first-order valence-corrected chi connectivity index (χ1v) is 10.6. The van der Waals surface area contributed by atoms with E-state index in [1.807, 2.05) is 54.6 Å². The number of thioether (sulfide) groups is 1. The third kappa shape index (κ3) is 4.31. The van der Waals surface area contributed by atoms with Crippen LogP contribution in [0.5, 0.6) is 0 Å². The Bertz CT molecular complexity index is 1260. The van der Waals surface area contributed by atoms with Gasteiger partial charge < -0.3 is 5.32 Å². The quantitative estimate of drug-likeness (QED) is 0.474. The third-order valence-electron chi connectivity index (χ3n) is 4.50. The SMILES string of the molecule is CC(C)Sc1ccccc1C(=O)Nc1cccc(Cn2nc3ccccn3c2=O)c1. The highest BCUT2D eigenvalue weighted by atomic mass is 32.2. The molecule has 0 aliphatic heterocycles. The highest BCUT2D eigenvalue weighted by Gasteiger charge is 2.13. The van der Waals surface area contributed by atoms with Crippen molar-refractivity contribution in [3.05, 3.63) is 94.5 Å². The Hall–Kier alpha value is -3.32. The van der Waals surface area contributed by atoms with E-state index in [9.17, 15) is 9.59 Å². The van der Waals surface area contributed by atoms with Crippen LogP contribution in [0.4, 0.5) is 5.69 Å². The number of amides is 1. The van der Waals surface area contributed by atoms with Gasteiger partial charge in [-0.25, -0.2) is 9.48 Å². The summed E-state index contributed by atoms with van der Waals surface area (Å²) in [6.45, 7) is 4.53. The summed E-state index contributed by atoms with van der Waals surface area (Å²) in [4.78, 5) is 26.3. The van der Waals surface area contributed by atoms with Gasteiger partial charge >= 0.3 is 5.69 Å². The molecule has 2 aromatic heterocycles. The predicted molar refractivity (Wildman–Crippen MR) is 120 cm³/mol. The maximum absolute atomic E-state index is 12.9. The molecule has 0 unspecified atom stereocenters. The van der Waals surface area contributed by atoms with Gasteiger partial charge in [0.2, 0.25) is 0 Å². The number of pyridine rings is 1. The van der Waals surface area contributed by atoms with Crippen molar-refractivity contribution in [2.75, 3.05) is 5.32 Å². The lowest BCUT2D eigenvalue weighted by Crippen LogP contribution is -2.21. The van der Waals surface area contributed by atoms with E-state index in [4.69, 9.17) is 0 Å². The molecule has 2 aromatic carbocycles. The van der Waals surface area contributed by atoms with Crippen LogP contribution in [0.25, 0.3) is 5.65 Å². The predicted octanol–water partition coefficient (Wildman–Crippen LogP) is 4.30. The van der Waals surface area contributed by atoms with E-state index >= 15 is 0 Å². The van der Waals surface area contributed by atoms with Crippen molar-refractivity contribution >= 4 is 29.0 Å². The lowest BCUT2D eigenvalue weighted by atomic mass is 10.1. The molecule has 0 saturated carbocycles. The minimum Gasteiger partial charge on any atom is -0.322 e. The van der Waals surface area contributed by atoms with E-state index in [-0.39, 0.29) is 11.6 Å². The number of hydrogen-bond donors (Lipinski definition) is 1. The average molecular weight is 419 g/mol. The fraction of sp³-hybridized carbons (Fsp3) is 0.174. The molecule has 4 rings (SSSR count). The summed E-state index contributed by atoms with van der Waals surface area (Å²) in [5, 5.41) is 7.72. The Balaban J connectivity index is 1.55. The zero-order valence-corrected chi connectivity index (χ0v) is 17.6. The number of anilines is 1. The number of fused-ring (bicyclic) bond motifs is 1. The summed E-state index contributed by atoms with van der Waals surface area (Å²) in [5.41, 5.74) is 2.62. The first kappa shape index (κ1) is 20.0. The number of hydrogen-bond acceptors (Lipinski definition) is 4. The van der Waals surface area contributed by atoms with Gasteiger partial charge in [0.15, 0.2) is 5.65 Å². The van der Waals surface area contributed by atoms with Gasteiger partial charge in [-0.2, -0.15) is 0 Å². The number of carbonyl (C=O) groups excluding carboxylic acids is 1. The zero-order valence-electron chi connectivity index (χ0n) is 16.8. The molecular formula is C23H22N4O2S. The highest BCUT2D eigenvalue weighted by molar-refractivity contribution is 8.00. The molecule has 4 aromatic rings. The number of aromatic nitrogens is 3. The van der Waals surface area contributed by atoms with Crippen LogP contribution in [0.3, 0.4) is 0 Å². The first-order valence-electron chi connectivity index (χ1n) is 9.71.